The first kappa shape index (κ1) is 26.3. The van der Waals surface area contributed by atoms with Crippen molar-refractivity contribution in [2.75, 3.05) is 27.9 Å². The molecule has 0 radical (unpaired) electrons. The van der Waals surface area contributed by atoms with E-state index in [0.717, 1.165) is 21.2 Å². The van der Waals surface area contributed by atoms with Crippen LogP contribution in [0.5, 0.6) is 17.2 Å². The first-order valence-electron chi connectivity index (χ1n) is 11.8. The molecule has 192 valence electrons. The van der Waals surface area contributed by atoms with Crippen LogP contribution >= 0.6 is 11.3 Å². The van der Waals surface area contributed by atoms with Crippen molar-refractivity contribution in [3.8, 4) is 28.5 Å². The number of ether oxygens (including phenoxy) is 3. The number of pyridine rings is 1. The maximum atomic E-state index is 13.6. The van der Waals surface area contributed by atoms with Gasteiger partial charge in [0.25, 0.3) is 0 Å². The fourth-order valence-corrected chi connectivity index (χ4v) is 5.40. The number of ketones is 2. The summed E-state index contributed by atoms with van der Waals surface area (Å²) in [6.07, 6.45) is 0.0694. The molecule has 0 aliphatic rings. The van der Waals surface area contributed by atoms with E-state index >= 15 is 0 Å². The Morgan fingerprint density at radius 3 is 2.41 bits per heavy atom. The van der Waals surface area contributed by atoms with Gasteiger partial charge in [0.2, 0.25) is 0 Å². The van der Waals surface area contributed by atoms with Crippen LogP contribution < -0.4 is 14.2 Å². The standard InChI is InChI=1S/C29H29NO6S/c1-17-6-5-7-20-21(16-37-29(17)20)27-25(35-3)11-9-22(30-27)28(33)19(12-13-31)14-23(32)18-8-10-24(34-2)26(15-18)36-4/h5-11,15-16,19,31H,12-14H2,1-4H3/t19-/m1/s1. The van der Waals surface area contributed by atoms with Crippen molar-refractivity contribution >= 4 is 33.0 Å². The molecule has 2 aromatic carbocycles. The zero-order chi connectivity index (χ0) is 26.5. The Hall–Kier alpha value is -3.75. The van der Waals surface area contributed by atoms with Crippen molar-refractivity contribution in [2.45, 2.75) is 19.8 Å². The third-order valence-electron chi connectivity index (χ3n) is 6.37. The number of benzene rings is 2. The Labute approximate surface area is 219 Å². The number of hydrogen-bond donors (Lipinski definition) is 1. The third-order valence-corrected chi connectivity index (χ3v) is 7.50. The van der Waals surface area contributed by atoms with Crippen LogP contribution in [0.4, 0.5) is 0 Å². The van der Waals surface area contributed by atoms with Gasteiger partial charge in [0.1, 0.15) is 17.1 Å². The lowest BCUT2D eigenvalue weighted by Crippen LogP contribution is -2.21. The Morgan fingerprint density at radius 2 is 1.70 bits per heavy atom. The Bertz CT molecular complexity index is 1440. The van der Waals surface area contributed by atoms with Gasteiger partial charge < -0.3 is 19.3 Å². The van der Waals surface area contributed by atoms with Crippen LogP contribution in [-0.4, -0.2) is 49.6 Å². The lowest BCUT2D eigenvalue weighted by atomic mass is 9.90. The molecule has 0 bridgehead atoms. The van der Waals surface area contributed by atoms with Gasteiger partial charge in [-0.1, -0.05) is 18.2 Å². The second-order valence-corrected chi connectivity index (χ2v) is 9.50. The largest absolute Gasteiger partial charge is 0.494 e. The molecule has 4 aromatic rings. The highest BCUT2D eigenvalue weighted by atomic mass is 32.1. The quantitative estimate of drug-likeness (QED) is 0.252. The molecule has 2 aromatic heterocycles. The lowest BCUT2D eigenvalue weighted by Gasteiger charge is -2.16. The summed E-state index contributed by atoms with van der Waals surface area (Å²) in [4.78, 5) is 31.4. The molecule has 4 rings (SSSR count). The van der Waals surface area contributed by atoms with E-state index in [9.17, 15) is 14.7 Å². The number of aliphatic hydroxyl groups excluding tert-OH is 1. The highest BCUT2D eigenvalue weighted by molar-refractivity contribution is 7.18. The molecule has 0 fully saturated rings. The van der Waals surface area contributed by atoms with Gasteiger partial charge in [-0.25, -0.2) is 4.98 Å². The van der Waals surface area contributed by atoms with E-state index in [-0.39, 0.29) is 36.7 Å². The average Bonchev–Trinajstić information content (AvgIpc) is 3.37. The van der Waals surface area contributed by atoms with Gasteiger partial charge in [-0.15, -0.1) is 11.3 Å². The molecule has 0 aliphatic carbocycles. The normalized spacial score (nSPS) is 11.8. The predicted molar refractivity (Wildman–Crippen MR) is 144 cm³/mol. The van der Waals surface area contributed by atoms with Crippen molar-refractivity contribution in [3.63, 3.8) is 0 Å². The first-order chi connectivity index (χ1) is 17.9. The number of methoxy groups -OCH3 is 3. The van der Waals surface area contributed by atoms with Crippen LogP contribution in [-0.2, 0) is 0 Å². The molecule has 1 N–H and O–H groups in total. The van der Waals surface area contributed by atoms with E-state index in [0.29, 0.717) is 28.5 Å². The molecule has 7 nitrogen and oxygen atoms in total. The fraction of sp³-hybridized carbons (Fsp3) is 0.276. The highest BCUT2D eigenvalue weighted by Crippen LogP contribution is 2.39. The number of rotatable bonds is 11. The van der Waals surface area contributed by atoms with Gasteiger partial charge in [0.15, 0.2) is 23.1 Å². The van der Waals surface area contributed by atoms with Crippen molar-refractivity contribution in [3.05, 3.63) is 70.7 Å². The molecule has 0 saturated carbocycles. The molecule has 37 heavy (non-hydrogen) atoms. The van der Waals surface area contributed by atoms with Gasteiger partial charge in [0, 0.05) is 45.5 Å². The molecule has 2 heterocycles. The number of carbonyl (C=O) groups is 2. The van der Waals surface area contributed by atoms with Gasteiger partial charge in [-0.2, -0.15) is 0 Å². The molecule has 1 atom stereocenters. The number of nitrogens with zero attached hydrogens (tertiary/aromatic N) is 1. The first-order valence-corrected chi connectivity index (χ1v) is 12.7. The highest BCUT2D eigenvalue weighted by Gasteiger charge is 2.26. The topological polar surface area (TPSA) is 95.0 Å². The predicted octanol–water partition coefficient (Wildman–Crippen LogP) is 5.75. The molecule has 0 unspecified atom stereocenters. The van der Waals surface area contributed by atoms with Crippen molar-refractivity contribution in [2.24, 2.45) is 5.92 Å². The van der Waals surface area contributed by atoms with Crippen LogP contribution in [0.1, 0.15) is 39.3 Å². The zero-order valence-corrected chi connectivity index (χ0v) is 22.1. The third kappa shape index (κ3) is 5.35. The number of aryl methyl sites for hydroxylation is 1. The summed E-state index contributed by atoms with van der Waals surface area (Å²) in [7, 11) is 4.58. The second kappa shape index (κ2) is 11.5. The monoisotopic (exact) mass is 519 g/mol. The summed E-state index contributed by atoms with van der Waals surface area (Å²) in [5, 5.41) is 12.7. The lowest BCUT2D eigenvalue weighted by molar-refractivity contribution is 0.0824. The van der Waals surface area contributed by atoms with Crippen LogP contribution in [0.25, 0.3) is 21.3 Å². The molecular weight excluding hydrogens is 490 g/mol. The fourth-order valence-electron chi connectivity index (χ4n) is 4.37. The molecular formula is C29H29NO6S. The van der Waals surface area contributed by atoms with Crippen LogP contribution in [0.2, 0.25) is 0 Å². The van der Waals surface area contributed by atoms with Crippen molar-refractivity contribution < 1.29 is 28.9 Å². The molecule has 8 heteroatoms. The van der Waals surface area contributed by atoms with Crippen molar-refractivity contribution in [1.29, 1.82) is 0 Å². The summed E-state index contributed by atoms with van der Waals surface area (Å²) in [6, 6.07) is 14.3. The van der Waals surface area contributed by atoms with E-state index in [4.69, 9.17) is 19.2 Å². The number of thiophene rings is 1. The van der Waals surface area contributed by atoms with Gasteiger partial charge in [-0.05, 0) is 49.2 Å². The number of hydrogen-bond acceptors (Lipinski definition) is 8. The van der Waals surface area contributed by atoms with Crippen LogP contribution in [0, 0.1) is 12.8 Å². The minimum atomic E-state index is -0.735. The van der Waals surface area contributed by atoms with Crippen LogP contribution in [0.3, 0.4) is 0 Å². The van der Waals surface area contributed by atoms with Gasteiger partial charge in [-0.3, -0.25) is 9.59 Å². The molecule has 0 amide bonds. The number of aromatic nitrogens is 1. The molecule has 0 spiro atoms. The summed E-state index contributed by atoms with van der Waals surface area (Å²) in [6.45, 7) is 1.83. The Balaban J connectivity index is 1.66. The maximum Gasteiger partial charge on any atom is 0.184 e. The molecule has 0 saturated heterocycles. The second-order valence-electron chi connectivity index (χ2n) is 8.62. The smallest absolute Gasteiger partial charge is 0.184 e. The number of carbonyl (C=O) groups excluding carboxylic acids is 2. The van der Waals surface area contributed by atoms with Crippen molar-refractivity contribution in [1.82, 2.24) is 4.98 Å². The van der Waals surface area contributed by atoms with Gasteiger partial charge >= 0.3 is 0 Å². The average molecular weight is 520 g/mol. The minimum absolute atomic E-state index is 0.0709. The number of aliphatic hydroxyl groups is 1. The van der Waals surface area contributed by atoms with Gasteiger partial charge in [0.05, 0.1) is 21.3 Å². The SMILES string of the molecule is COc1ccc(C(=O)C[C@@H](CCO)C(=O)c2ccc(OC)c(-c3csc4c(C)cccc34)n2)cc1OC. The maximum absolute atomic E-state index is 13.6. The van der Waals surface area contributed by atoms with E-state index < -0.39 is 5.92 Å². The summed E-state index contributed by atoms with van der Waals surface area (Å²) in [5.41, 5.74) is 3.24. The summed E-state index contributed by atoms with van der Waals surface area (Å²) in [5.74, 6) is 0.216. The Morgan fingerprint density at radius 1 is 0.973 bits per heavy atom. The number of fused-ring (bicyclic) bond motifs is 1. The van der Waals surface area contributed by atoms with E-state index in [1.165, 1.54) is 14.2 Å². The summed E-state index contributed by atoms with van der Waals surface area (Å²) < 4.78 is 17.3. The van der Waals surface area contributed by atoms with E-state index in [1.54, 1.807) is 48.8 Å². The molecule has 0 aliphatic heterocycles. The van der Waals surface area contributed by atoms with Crippen LogP contribution in [0.15, 0.2) is 53.9 Å². The number of Topliss-reactive ketones (excluding diaryl/α,β-unsaturated/α-hetero) is 2. The van der Waals surface area contributed by atoms with E-state index in [2.05, 4.69) is 13.0 Å². The minimum Gasteiger partial charge on any atom is -0.494 e. The van der Waals surface area contributed by atoms with E-state index in [1.807, 2.05) is 17.5 Å². The Kier molecular flexibility index (Phi) is 8.21. The zero-order valence-electron chi connectivity index (χ0n) is 21.2. The summed E-state index contributed by atoms with van der Waals surface area (Å²) >= 11 is 1.62.